The number of nitrogens with zero attached hydrogens (tertiary/aromatic N) is 1. The summed E-state index contributed by atoms with van der Waals surface area (Å²) >= 11 is 5.87. The summed E-state index contributed by atoms with van der Waals surface area (Å²) in [6.07, 6.45) is 0. The Morgan fingerprint density at radius 1 is 1.43 bits per heavy atom. The molecule has 0 amide bonds. The number of hydrogen-bond donors (Lipinski definition) is 1. The minimum Gasteiger partial charge on any atom is -0.466 e. The highest BCUT2D eigenvalue weighted by Crippen LogP contribution is 2.39. The van der Waals surface area contributed by atoms with Crippen molar-refractivity contribution in [2.24, 2.45) is 5.73 Å². The number of benzene rings is 1. The molecule has 6 heteroatoms. The first-order valence-electron chi connectivity index (χ1n) is 6.11. The molecule has 0 fully saturated rings. The van der Waals surface area contributed by atoms with Crippen molar-refractivity contribution in [3.05, 3.63) is 57.6 Å². The van der Waals surface area contributed by atoms with Gasteiger partial charge in [0.15, 0.2) is 0 Å². The molecule has 2 N–H and O–H groups in total. The third-order valence-electron chi connectivity index (χ3n) is 3.21. The van der Waals surface area contributed by atoms with Crippen molar-refractivity contribution < 1.29 is 14.3 Å². The molecule has 5 nitrogen and oxygen atoms in total. The minimum atomic E-state index is -0.631. The van der Waals surface area contributed by atoms with Crippen molar-refractivity contribution in [1.82, 2.24) is 0 Å². The summed E-state index contributed by atoms with van der Waals surface area (Å²) < 4.78 is 10.1. The molecule has 0 aliphatic carbocycles. The van der Waals surface area contributed by atoms with Crippen molar-refractivity contribution in [1.29, 1.82) is 5.26 Å². The normalized spacial score (nSPS) is 18.1. The van der Waals surface area contributed by atoms with Crippen molar-refractivity contribution in [3.63, 3.8) is 0 Å². The van der Waals surface area contributed by atoms with Crippen LogP contribution in [0.15, 0.2) is 47.1 Å². The van der Waals surface area contributed by atoms with Gasteiger partial charge in [0.25, 0.3) is 0 Å². The molecular formula is C15H13ClN2O3. The van der Waals surface area contributed by atoms with E-state index < -0.39 is 11.9 Å². The Morgan fingerprint density at radius 3 is 2.57 bits per heavy atom. The zero-order valence-electron chi connectivity index (χ0n) is 11.5. The van der Waals surface area contributed by atoms with E-state index in [9.17, 15) is 10.1 Å². The van der Waals surface area contributed by atoms with Crippen molar-refractivity contribution >= 4 is 17.6 Å². The third kappa shape index (κ3) is 2.71. The van der Waals surface area contributed by atoms with Crippen molar-refractivity contribution in [2.75, 3.05) is 7.11 Å². The van der Waals surface area contributed by atoms with Gasteiger partial charge in [0, 0.05) is 5.02 Å². The van der Waals surface area contributed by atoms with E-state index in [1.54, 1.807) is 31.2 Å². The third-order valence-corrected chi connectivity index (χ3v) is 3.47. The molecule has 1 heterocycles. The summed E-state index contributed by atoms with van der Waals surface area (Å²) in [5.41, 5.74) is 6.90. The zero-order valence-corrected chi connectivity index (χ0v) is 12.3. The standard InChI is InChI=1S/C15H13ClN2O3/c1-8-12(15(19)20-2)13(11(7-17)14(18)21-8)9-3-5-10(16)6-4-9/h3-6,13H,18H2,1-2H3/t13-/m0/s1. The lowest BCUT2D eigenvalue weighted by Gasteiger charge is -2.26. The maximum atomic E-state index is 12.0. The Labute approximate surface area is 127 Å². The Morgan fingerprint density at radius 2 is 2.05 bits per heavy atom. The van der Waals surface area contributed by atoms with E-state index in [1.165, 1.54) is 7.11 Å². The van der Waals surface area contributed by atoms with Crippen LogP contribution in [0.3, 0.4) is 0 Å². The first kappa shape index (κ1) is 14.9. The Hall–Kier alpha value is -2.45. The number of rotatable bonds is 2. The average molecular weight is 305 g/mol. The second-order valence-electron chi connectivity index (χ2n) is 4.44. The van der Waals surface area contributed by atoms with Crippen LogP contribution in [0.5, 0.6) is 0 Å². The predicted octanol–water partition coefficient (Wildman–Crippen LogP) is 2.59. The van der Waals surface area contributed by atoms with E-state index in [4.69, 9.17) is 26.8 Å². The Balaban J connectivity index is 2.63. The number of hydrogen-bond acceptors (Lipinski definition) is 5. The maximum Gasteiger partial charge on any atom is 0.338 e. The van der Waals surface area contributed by atoms with Crippen LogP contribution in [0.2, 0.25) is 5.02 Å². The van der Waals surface area contributed by atoms with E-state index in [-0.39, 0.29) is 17.0 Å². The van der Waals surface area contributed by atoms with Gasteiger partial charge in [-0.1, -0.05) is 23.7 Å². The van der Waals surface area contributed by atoms with Gasteiger partial charge in [-0.2, -0.15) is 5.26 Å². The lowest BCUT2D eigenvalue weighted by molar-refractivity contribution is -0.136. The monoisotopic (exact) mass is 304 g/mol. The molecule has 1 aliphatic rings. The predicted molar refractivity (Wildman–Crippen MR) is 76.8 cm³/mol. The first-order valence-corrected chi connectivity index (χ1v) is 6.49. The van der Waals surface area contributed by atoms with Crippen LogP contribution in [0, 0.1) is 11.3 Å². The number of carbonyl (C=O) groups is 1. The minimum absolute atomic E-state index is 0.0115. The van der Waals surface area contributed by atoms with E-state index in [0.29, 0.717) is 16.3 Å². The van der Waals surface area contributed by atoms with Gasteiger partial charge in [-0.25, -0.2) is 4.79 Å². The Kier molecular flexibility index (Phi) is 4.20. The van der Waals surface area contributed by atoms with Gasteiger partial charge < -0.3 is 15.2 Å². The summed E-state index contributed by atoms with van der Waals surface area (Å²) in [5, 5.41) is 9.89. The highest BCUT2D eigenvalue weighted by molar-refractivity contribution is 6.30. The molecule has 0 saturated carbocycles. The smallest absolute Gasteiger partial charge is 0.338 e. The van der Waals surface area contributed by atoms with Gasteiger partial charge in [0.1, 0.15) is 17.4 Å². The fourth-order valence-electron chi connectivity index (χ4n) is 2.24. The lowest BCUT2D eigenvalue weighted by Crippen LogP contribution is -2.25. The second kappa shape index (κ2) is 5.90. The van der Waals surface area contributed by atoms with Gasteiger partial charge in [0.05, 0.1) is 18.6 Å². The molecule has 0 aromatic heterocycles. The fourth-order valence-corrected chi connectivity index (χ4v) is 2.37. The average Bonchev–Trinajstić information content (AvgIpc) is 2.46. The summed E-state index contributed by atoms with van der Waals surface area (Å²) in [6.45, 7) is 1.61. The molecule has 1 aliphatic heterocycles. The van der Waals surface area contributed by atoms with Crippen LogP contribution in [0.25, 0.3) is 0 Å². The summed E-state index contributed by atoms with van der Waals surface area (Å²) in [5.74, 6) is -0.887. The van der Waals surface area contributed by atoms with E-state index in [0.717, 1.165) is 0 Å². The number of ether oxygens (including phenoxy) is 2. The molecule has 0 unspecified atom stereocenters. The summed E-state index contributed by atoms with van der Waals surface area (Å²) in [6, 6.07) is 8.84. The zero-order chi connectivity index (χ0) is 15.6. The second-order valence-corrected chi connectivity index (χ2v) is 4.87. The molecule has 108 valence electrons. The van der Waals surface area contributed by atoms with Gasteiger partial charge in [0.2, 0.25) is 5.88 Å². The van der Waals surface area contributed by atoms with E-state index in [2.05, 4.69) is 0 Å². The molecule has 1 aromatic rings. The molecule has 0 bridgehead atoms. The van der Waals surface area contributed by atoms with Crippen molar-refractivity contribution in [3.8, 4) is 6.07 Å². The molecule has 1 atom stereocenters. The van der Waals surface area contributed by atoms with Crippen LogP contribution in [0.4, 0.5) is 0 Å². The SMILES string of the molecule is COC(=O)C1=C(C)OC(N)=C(C#N)[C@@H]1c1ccc(Cl)cc1. The Bertz CT molecular complexity index is 684. The van der Waals surface area contributed by atoms with Gasteiger partial charge in [-0.3, -0.25) is 0 Å². The molecular weight excluding hydrogens is 292 g/mol. The van der Waals surface area contributed by atoms with Crippen LogP contribution in [-0.4, -0.2) is 13.1 Å². The largest absolute Gasteiger partial charge is 0.466 e. The molecule has 0 spiro atoms. The van der Waals surface area contributed by atoms with Gasteiger partial charge in [-0.15, -0.1) is 0 Å². The summed E-state index contributed by atoms with van der Waals surface area (Å²) in [4.78, 5) is 12.0. The number of nitrogens with two attached hydrogens (primary N) is 1. The number of halogens is 1. The number of nitriles is 1. The number of carbonyl (C=O) groups excluding carboxylic acids is 1. The highest BCUT2D eigenvalue weighted by Gasteiger charge is 2.35. The summed E-state index contributed by atoms with van der Waals surface area (Å²) in [7, 11) is 1.27. The van der Waals surface area contributed by atoms with Crippen LogP contribution < -0.4 is 5.73 Å². The van der Waals surface area contributed by atoms with Gasteiger partial charge >= 0.3 is 5.97 Å². The van der Waals surface area contributed by atoms with E-state index >= 15 is 0 Å². The molecule has 21 heavy (non-hydrogen) atoms. The van der Waals surface area contributed by atoms with E-state index in [1.807, 2.05) is 6.07 Å². The molecule has 0 radical (unpaired) electrons. The maximum absolute atomic E-state index is 12.0. The lowest BCUT2D eigenvalue weighted by atomic mass is 9.83. The molecule has 2 rings (SSSR count). The molecule has 0 saturated heterocycles. The topological polar surface area (TPSA) is 85.3 Å². The van der Waals surface area contributed by atoms with Crippen LogP contribution in [-0.2, 0) is 14.3 Å². The highest BCUT2D eigenvalue weighted by atomic mass is 35.5. The van der Waals surface area contributed by atoms with Gasteiger partial charge in [-0.05, 0) is 24.6 Å². The van der Waals surface area contributed by atoms with Crippen LogP contribution >= 0.6 is 11.6 Å². The number of allylic oxidation sites excluding steroid dienone is 2. The molecule has 1 aromatic carbocycles. The van der Waals surface area contributed by atoms with Crippen molar-refractivity contribution in [2.45, 2.75) is 12.8 Å². The number of methoxy groups -OCH3 is 1. The van der Waals surface area contributed by atoms with Crippen LogP contribution in [0.1, 0.15) is 18.4 Å². The number of esters is 1. The first-order chi connectivity index (χ1) is 9.99. The fraction of sp³-hybridized carbons (Fsp3) is 0.200. The quantitative estimate of drug-likeness (QED) is 0.849.